The number of hydrogen-bond donors (Lipinski definition) is 1. The van der Waals surface area contributed by atoms with E-state index in [-0.39, 0.29) is 23.6 Å². The van der Waals surface area contributed by atoms with Crippen LogP contribution in [0.1, 0.15) is 26.3 Å². The van der Waals surface area contributed by atoms with Gasteiger partial charge in [0.15, 0.2) is 0 Å². The minimum absolute atomic E-state index is 0.115. The van der Waals surface area contributed by atoms with Crippen molar-refractivity contribution in [1.29, 1.82) is 0 Å². The number of hydrogen-bond acceptors (Lipinski definition) is 4. The van der Waals surface area contributed by atoms with Crippen LogP contribution in [0.25, 0.3) is 0 Å². The minimum Gasteiger partial charge on any atom is -0.489 e. The molecule has 0 saturated carbocycles. The standard InChI is InChI=1S/C17H13FN2O4/c18-11-3-1-2-10(6-11)9-24-12-4-5-13-14(7-12)17(23)20(16(13)22)8-15(19)21/h1-7H,8-9H2,(H2,19,21). The fourth-order valence-electron chi connectivity index (χ4n) is 2.45. The maximum absolute atomic E-state index is 13.1. The lowest BCUT2D eigenvalue weighted by atomic mass is 10.1. The van der Waals surface area contributed by atoms with Crippen molar-refractivity contribution >= 4 is 17.7 Å². The summed E-state index contributed by atoms with van der Waals surface area (Å²) < 4.78 is 18.7. The third-order valence-corrected chi connectivity index (χ3v) is 3.55. The van der Waals surface area contributed by atoms with Crippen molar-refractivity contribution < 1.29 is 23.5 Å². The Morgan fingerprint density at radius 2 is 1.83 bits per heavy atom. The van der Waals surface area contributed by atoms with Crippen LogP contribution < -0.4 is 10.5 Å². The van der Waals surface area contributed by atoms with Gasteiger partial charge in [-0.3, -0.25) is 19.3 Å². The molecule has 3 amide bonds. The van der Waals surface area contributed by atoms with Gasteiger partial charge in [-0.25, -0.2) is 4.39 Å². The van der Waals surface area contributed by atoms with E-state index in [9.17, 15) is 18.8 Å². The zero-order valence-corrected chi connectivity index (χ0v) is 12.5. The van der Waals surface area contributed by atoms with Crippen LogP contribution in [0.4, 0.5) is 4.39 Å². The molecule has 0 radical (unpaired) electrons. The van der Waals surface area contributed by atoms with Gasteiger partial charge < -0.3 is 10.5 Å². The van der Waals surface area contributed by atoms with Crippen LogP contribution in [-0.2, 0) is 11.4 Å². The Morgan fingerprint density at radius 3 is 2.54 bits per heavy atom. The number of primary amides is 1. The third kappa shape index (κ3) is 2.96. The van der Waals surface area contributed by atoms with E-state index in [0.717, 1.165) is 4.90 Å². The monoisotopic (exact) mass is 328 g/mol. The highest BCUT2D eigenvalue weighted by molar-refractivity contribution is 6.22. The zero-order valence-electron chi connectivity index (χ0n) is 12.5. The van der Waals surface area contributed by atoms with Crippen molar-refractivity contribution in [3.8, 4) is 5.75 Å². The second-order valence-electron chi connectivity index (χ2n) is 5.29. The average Bonchev–Trinajstić information content (AvgIpc) is 2.77. The number of fused-ring (bicyclic) bond motifs is 1. The third-order valence-electron chi connectivity index (χ3n) is 3.55. The van der Waals surface area contributed by atoms with Crippen LogP contribution in [0.3, 0.4) is 0 Å². The molecule has 0 aromatic heterocycles. The van der Waals surface area contributed by atoms with Gasteiger partial charge in [-0.05, 0) is 35.9 Å². The van der Waals surface area contributed by atoms with Crippen LogP contribution in [0.5, 0.6) is 5.75 Å². The van der Waals surface area contributed by atoms with Gasteiger partial charge in [0, 0.05) is 0 Å². The number of imide groups is 1. The van der Waals surface area contributed by atoms with Crippen molar-refractivity contribution in [2.24, 2.45) is 5.73 Å². The summed E-state index contributed by atoms with van der Waals surface area (Å²) >= 11 is 0. The van der Waals surface area contributed by atoms with E-state index in [0.29, 0.717) is 11.3 Å². The highest BCUT2D eigenvalue weighted by Gasteiger charge is 2.36. The van der Waals surface area contributed by atoms with Gasteiger partial charge >= 0.3 is 0 Å². The molecule has 1 aliphatic rings. The summed E-state index contributed by atoms with van der Waals surface area (Å²) in [6.45, 7) is -0.352. The maximum atomic E-state index is 13.1. The SMILES string of the molecule is NC(=O)CN1C(=O)c2ccc(OCc3cccc(F)c3)cc2C1=O. The fourth-order valence-corrected chi connectivity index (χ4v) is 2.45. The lowest BCUT2D eigenvalue weighted by Crippen LogP contribution is -2.37. The Morgan fingerprint density at radius 1 is 1.08 bits per heavy atom. The predicted octanol–water partition coefficient (Wildman–Crippen LogP) is 1.49. The molecular formula is C17H13FN2O4. The minimum atomic E-state index is -0.771. The van der Waals surface area contributed by atoms with Gasteiger partial charge in [0.05, 0.1) is 11.1 Å². The molecule has 6 nitrogen and oxygen atoms in total. The number of benzene rings is 2. The molecule has 2 N–H and O–H groups in total. The molecule has 0 saturated heterocycles. The van der Waals surface area contributed by atoms with Crippen molar-refractivity contribution in [3.63, 3.8) is 0 Å². The zero-order chi connectivity index (χ0) is 17.3. The van der Waals surface area contributed by atoms with Crippen molar-refractivity contribution in [2.45, 2.75) is 6.61 Å². The van der Waals surface area contributed by atoms with Crippen molar-refractivity contribution in [3.05, 3.63) is 65.0 Å². The number of nitrogens with two attached hydrogens (primary N) is 1. The van der Waals surface area contributed by atoms with Gasteiger partial charge in [-0.15, -0.1) is 0 Å². The Bertz CT molecular complexity index is 850. The quantitative estimate of drug-likeness (QED) is 0.842. The average molecular weight is 328 g/mol. The Balaban J connectivity index is 1.78. The van der Waals surface area contributed by atoms with Crippen LogP contribution >= 0.6 is 0 Å². The number of carbonyl (C=O) groups excluding carboxylic acids is 3. The topological polar surface area (TPSA) is 89.7 Å². The van der Waals surface area contributed by atoms with Crippen LogP contribution in [-0.4, -0.2) is 29.2 Å². The molecule has 0 unspecified atom stereocenters. The molecule has 2 aromatic carbocycles. The van der Waals surface area contributed by atoms with E-state index in [1.54, 1.807) is 12.1 Å². The number of ether oxygens (including phenoxy) is 1. The molecule has 1 heterocycles. The van der Waals surface area contributed by atoms with E-state index < -0.39 is 24.3 Å². The first-order valence-corrected chi connectivity index (χ1v) is 7.11. The Hall–Kier alpha value is -3.22. The number of halogens is 1. The smallest absolute Gasteiger partial charge is 0.262 e. The molecule has 122 valence electrons. The number of amides is 3. The highest BCUT2D eigenvalue weighted by Crippen LogP contribution is 2.27. The van der Waals surface area contributed by atoms with E-state index in [2.05, 4.69) is 0 Å². The van der Waals surface area contributed by atoms with Gasteiger partial charge in [0.1, 0.15) is 24.7 Å². The number of nitrogens with zero attached hydrogens (tertiary/aromatic N) is 1. The van der Waals surface area contributed by atoms with Crippen molar-refractivity contribution in [2.75, 3.05) is 6.54 Å². The second kappa shape index (κ2) is 6.11. The molecule has 0 fully saturated rings. The summed E-state index contributed by atoms with van der Waals surface area (Å²) in [7, 11) is 0. The molecular weight excluding hydrogens is 315 g/mol. The number of carbonyl (C=O) groups is 3. The van der Waals surface area contributed by atoms with Crippen LogP contribution in [0.2, 0.25) is 0 Å². The molecule has 3 rings (SSSR count). The first kappa shape index (κ1) is 15.7. The summed E-state index contributed by atoms with van der Waals surface area (Å²) in [5.74, 6) is -1.93. The summed E-state index contributed by atoms with van der Waals surface area (Å²) in [6.07, 6.45) is 0. The van der Waals surface area contributed by atoms with Gasteiger partial charge in [-0.2, -0.15) is 0 Å². The lowest BCUT2D eigenvalue weighted by Gasteiger charge is -2.10. The fraction of sp³-hybridized carbons (Fsp3) is 0.118. The molecule has 2 aromatic rings. The second-order valence-corrected chi connectivity index (χ2v) is 5.29. The van der Waals surface area contributed by atoms with Crippen LogP contribution in [0.15, 0.2) is 42.5 Å². The first-order chi connectivity index (χ1) is 11.5. The predicted molar refractivity (Wildman–Crippen MR) is 81.7 cm³/mol. The maximum Gasteiger partial charge on any atom is 0.262 e. The Labute approximate surface area is 136 Å². The summed E-state index contributed by atoms with van der Waals surface area (Å²) in [5.41, 5.74) is 6.02. The number of rotatable bonds is 5. The molecule has 7 heteroatoms. The molecule has 0 bridgehead atoms. The lowest BCUT2D eigenvalue weighted by molar-refractivity contribution is -0.118. The Kier molecular flexibility index (Phi) is 3.99. The largest absolute Gasteiger partial charge is 0.489 e. The normalized spacial score (nSPS) is 13.1. The van der Waals surface area contributed by atoms with Crippen LogP contribution in [0, 0.1) is 5.82 Å². The van der Waals surface area contributed by atoms with E-state index in [1.165, 1.54) is 30.3 Å². The molecule has 24 heavy (non-hydrogen) atoms. The highest BCUT2D eigenvalue weighted by atomic mass is 19.1. The van der Waals surface area contributed by atoms with E-state index >= 15 is 0 Å². The van der Waals surface area contributed by atoms with Gasteiger partial charge in [-0.1, -0.05) is 12.1 Å². The van der Waals surface area contributed by atoms with E-state index in [1.807, 2.05) is 0 Å². The van der Waals surface area contributed by atoms with Gasteiger partial charge in [0.2, 0.25) is 5.91 Å². The molecule has 0 spiro atoms. The molecule has 1 aliphatic heterocycles. The summed E-state index contributed by atoms with van der Waals surface area (Å²) in [5, 5.41) is 0. The molecule has 0 atom stereocenters. The molecule has 0 aliphatic carbocycles. The summed E-state index contributed by atoms with van der Waals surface area (Å²) in [4.78, 5) is 36.1. The van der Waals surface area contributed by atoms with Crippen molar-refractivity contribution in [1.82, 2.24) is 4.90 Å². The summed E-state index contributed by atoms with van der Waals surface area (Å²) in [6, 6.07) is 10.4. The first-order valence-electron chi connectivity index (χ1n) is 7.11. The van der Waals surface area contributed by atoms with E-state index in [4.69, 9.17) is 10.5 Å². The van der Waals surface area contributed by atoms with Gasteiger partial charge in [0.25, 0.3) is 11.8 Å².